The van der Waals surface area contributed by atoms with Crippen molar-refractivity contribution in [3.05, 3.63) is 89.0 Å². The largest absolute Gasteiger partial charge is 0.480 e. The van der Waals surface area contributed by atoms with Crippen molar-refractivity contribution in [2.45, 2.75) is 38.3 Å². The van der Waals surface area contributed by atoms with Gasteiger partial charge >= 0.3 is 0 Å². The molecular weight excluding hydrogens is 550 g/mol. The number of rotatable bonds is 8. The highest BCUT2D eigenvalue weighted by Crippen LogP contribution is 2.32. The molecule has 10 heteroatoms. The summed E-state index contributed by atoms with van der Waals surface area (Å²) in [5.74, 6) is 1.07. The van der Waals surface area contributed by atoms with Crippen molar-refractivity contribution in [1.29, 1.82) is 0 Å². The van der Waals surface area contributed by atoms with Gasteiger partial charge in [-0.2, -0.15) is 0 Å². The molecule has 4 heterocycles. The summed E-state index contributed by atoms with van der Waals surface area (Å²) in [6.45, 7) is 6.26. The highest BCUT2D eigenvalue weighted by Gasteiger charge is 2.26. The number of hydrogen-bond acceptors (Lipinski definition) is 6. The van der Waals surface area contributed by atoms with E-state index in [1.54, 1.807) is 31.6 Å². The summed E-state index contributed by atoms with van der Waals surface area (Å²) in [7, 11) is 3.56. The SMILES string of the molecule is COc1cnc(CN2CCC(c3ccc4c(c3)cc(C(=O)N3CCN(Cc5ccc(C(F)F)cc5)CC3)n4C)CC2)cn1. The van der Waals surface area contributed by atoms with Gasteiger partial charge in [0.15, 0.2) is 0 Å². The third-order valence-corrected chi connectivity index (χ3v) is 8.92. The molecule has 4 aromatic rings. The second kappa shape index (κ2) is 12.8. The Labute approximate surface area is 250 Å². The number of nitrogens with zero attached hydrogens (tertiary/aromatic N) is 6. The molecule has 2 aliphatic heterocycles. The molecular formula is C33H38F2N6O2. The molecule has 0 N–H and O–H groups in total. The van der Waals surface area contributed by atoms with Gasteiger partial charge in [-0.05, 0) is 61.2 Å². The number of aromatic nitrogens is 3. The minimum absolute atomic E-state index is 0.0446. The number of methoxy groups -OCH3 is 1. The maximum absolute atomic E-state index is 13.6. The Balaban J connectivity index is 1.04. The lowest BCUT2D eigenvalue weighted by atomic mass is 9.89. The van der Waals surface area contributed by atoms with Gasteiger partial charge in [-0.3, -0.25) is 19.6 Å². The van der Waals surface area contributed by atoms with E-state index >= 15 is 0 Å². The van der Waals surface area contributed by atoms with Crippen LogP contribution in [-0.4, -0.2) is 81.5 Å². The summed E-state index contributed by atoms with van der Waals surface area (Å²) < 4.78 is 32.8. The van der Waals surface area contributed by atoms with E-state index in [1.165, 1.54) is 17.7 Å². The minimum Gasteiger partial charge on any atom is -0.480 e. The van der Waals surface area contributed by atoms with E-state index in [0.717, 1.165) is 67.7 Å². The molecule has 0 bridgehead atoms. The van der Waals surface area contributed by atoms with Crippen LogP contribution in [0.5, 0.6) is 5.88 Å². The molecule has 0 aliphatic carbocycles. The highest BCUT2D eigenvalue weighted by molar-refractivity contribution is 5.99. The van der Waals surface area contributed by atoms with Gasteiger partial charge in [0.05, 0.1) is 25.2 Å². The van der Waals surface area contributed by atoms with E-state index in [2.05, 4.69) is 38.0 Å². The van der Waals surface area contributed by atoms with Crippen molar-refractivity contribution in [3.8, 4) is 5.88 Å². The normalized spacial score (nSPS) is 17.2. The first-order chi connectivity index (χ1) is 20.9. The van der Waals surface area contributed by atoms with Crippen LogP contribution in [0.4, 0.5) is 8.78 Å². The molecule has 2 aromatic heterocycles. The van der Waals surface area contributed by atoms with E-state index < -0.39 is 6.43 Å². The molecule has 43 heavy (non-hydrogen) atoms. The molecule has 2 fully saturated rings. The fourth-order valence-corrected chi connectivity index (χ4v) is 6.31. The fourth-order valence-electron chi connectivity index (χ4n) is 6.31. The molecule has 0 spiro atoms. The van der Waals surface area contributed by atoms with Crippen LogP contribution >= 0.6 is 0 Å². The van der Waals surface area contributed by atoms with Crippen LogP contribution in [0, 0.1) is 0 Å². The van der Waals surface area contributed by atoms with E-state index in [4.69, 9.17) is 4.74 Å². The van der Waals surface area contributed by atoms with Crippen LogP contribution in [0.1, 0.15) is 58.1 Å². The van der Waals surface area contributed by atoms with Crippen molar-refractivity contribution in [3.63, 3.8) is 0 Å². The summed E-state index contributed by atoms with van der Waals surface area (Å²) >= 11 is 0. The van der Waals surface area contributed by atoms with Gasteiger partial charge in [0.2, 0.25) is 5.88 Å². The van der Waals surface area contributed by atoms with Gasteiger partial charge in [-0.1, -0.05) is 30.3 Å². The van der Waals surface area contributed by atoms with Crippen LogP contribution in [0.2, 0.25) is 0 Å². The monoisotopic (exact) mass is 588 g/mol. The third kappa shape index (κ3) is 6.55. The molecule has 2 aliphatic rings. The van der Waals surface area contributed by atoms with Gasteiger partial charge in [0.25, 0.3) is 12.3 Å². The molecule has 0 radical (unpaired) electrons. The Morgan fingerprint density at radius 3 is 2.28 bits per heavy atom. The lowest BCUT2D eigenvalue weighted by molar-refractivity contribution is 0.0619. The molecule has 1 amide bonds. The summed E-state index contributed by atoms with van der Waals surface area (Å²) in [6, 6.07) is 15.2. The second-order valence-corrected chi connectivity index (χ2v) is 11.6. The zero-order valence-corrected chi connectivity index (χ0v) is 24.8. The van der Waals surface area contributed by atoms with Gasteiger partial charge in [0, 0.05) is 62.8 Å². The van der Waals surface area contributed by atoms with Crippen molar-refractivity contribution >= 4 is 16.8 Å². The first kappa shape index (κ1) is 29.2. The van der Waals surface area contributed by atoms with Crippen LogP contribution in [-0.2, 0) is 20.1 Å². The Kier molecular flexibility index (Phi) is 8.67. The predicted octanol–water partition coefficient (Wildman–Crippen LogP) is 5.25. The Morgan fingerprint density at radius 2 is 1.63 bits per heavy atom. The summed E-state index contributed by atoms with van der Waals surface area (Å²) in [6.07, 6.45) is 3.16. The zero-order valence-electron chi connectivity index (χ0n) is 24.8. The zero-order chi connectivity index (χ0) is 29.9. The van der Waals surface area contributed by atoms with Crippen LogP contribution in [0.25, 0.3) is 10.9 Å². The van der Waals surface area contributed by atoms with E-state index in [1.807, 2.05) is 22.6 Å². The molecule has 2 aromatic carbocycles. The predicted molar refractivity (Wildman–Crippen MR) is 161 cm³/mol. The number of alkyl halides is 2. The van der Waals surface area contributed by atoms with Crippen molar-refractivity contribution in [2.24, 2.45) is 7.05 Å². The topological polar surface area (TPSA) is 66.7 Å². The van der Waals surface area contributed by atoms with Crippen LogP contribution in [0.15, 0.2) is 60.9 Å². The lowest BCUT2D eigenvalue weighted by Crippen LogP contribution is -2.48. The summed E-state index contributed by atoms with van der Waals surface area (Å²) in [4.78, 5) is 28.9. The number of ether oxygens (including phenoxy) is 1. The van der Waals surface area contributed by atoms with E-state index in [-0.39, 0.29) is 11.5 Å². The average molecular weight is 589 g/mol. The highest BCUT2D eigenvalue weighted by atomic mass is 19.3. The Morgan fingerprint density at radius 1 is 0.907 bits per heavy atom. The second-order valence-electron chi connectivity index (χ2n) is 11.6. The third-order valence-electron chi connectivity index (χ3n) is 8.92. The molecule has 2 saturated heterocycles. The fraction of sp³-hybridized carbons (Fsp3) is 0.424. The molecule has 6 rings (SSSR count). The molecule has 8 nitrogen and oxygen atoms in total. The maximum Gasteiger partial charge on any atom is 0.270 e. The van der Waals surface area contributed by atoms with Crippen LogP contribution < -0.4 is 4.74 Å². The first-order valence-electron chi connectivity index (χ1n) is 14.9. The van der Waals surface area contributed by atoms with Gasteiger partial charge in [-0.25, -0.2) is 13.8 Å². The number of benzene rings is 2. The number of carbonyl (C=O) groups is 1. The van der Waals surface area contributed by atoms with E-state index in [9.17, 15) is 13.6 Å². The maximum atomic E-state index is 13.6. The minimum atomic E-state index is -2.45. The molecule has 0 unspecified atom stereocenters. The first-order valence-corrected chi connectivity index (χ1v) is 14.9. The molecule has 0 atom stereocenters. The van der Waals surface area contributed by atoms with Gasteiger partial charge < -0.3 is 14.2 Å². The summed E-state index contributed by atoms with van der Waals surface area (Å²) in [5, 5.41) is 1.10. The van der Waals surface area contributed by atoms with Crippen molar-refractivity contribution in [2.75, 3.05) is 46.4 Å². The summed E-state index contributed by atoms with van der Waals surface area (Å²) in [5.41, 5.74) is 5.10. The lowest BCUT2D eigenvalue weighted by Gasteiger charge is -2.34. The number of carbonyl (C=O) groups excluding carboxylic acids is 1. The number of hydrogen-bond donors (Lipinski definition) is 0. The number of aryl methyl sites for hydroxylation is 1. The van der Waals surface area contributed by atoms with Gasteiger partial charge in [0.1, 0.15) is 5.69 Å². The molecule has 226 valence electrons. The van der Waals surface area contributed by atoms with Gasteiger partial charge in [-0.15, -0.1) is 0 Å². The number of piperazine rings is 1. The Bertz CT molecular complexity index is 1540. The van der Waals surface area contributed by atoms with Crippen molar-refractivity contribution < 1.29 is 18.3 Å². The standard InChI is InChI=1S/C33H38F2N6O2/c1-38-29-8-7-26(24-9-11-39(12-10-24)22-28-19-37-31(43-2)20-36-28)17-27(29)18-30(38)33(42)41-15-13-40(14-16-41)21-23-3-5-25(6-4-23)32(34)35/h3-8,17-20,24,32H,9-16,21-22H2,1-2H3. The smallest absolute Gasteiger partial charge is 0.270 e. The number of fused-ring (bicyclic) bond motifs is 1. The number of halogens is 2. The van der Waals surface area contributed by atoms with Crippen molar-refractivity contribution in [1.82, 2.24) is 29.2 Å². The number of piperidine rings is 1. The van der Waals surface area contributed by atoms with E-state index in [0.29, 0.717) is 37.1 Å². The molecule has 0 saturated carbocycles. The average Bonchev–Trinajstić information content (AvgIpc) is 3.37. The number of amides is 1. The van der Waals surface area contributed by atoms with Crippen LogP contribution in [0.3, 0.4) is 0 Å². The number of likely N-dealkylation sites (tertiary alicyclic amines) is 1. The quantitative estimate of drug-likeness (QED) is 0.280. The Hall–Kier alpha value is -3.89.